The first-order valence-electron chi connectivity index (χ1n) is 9.09. The molecule has 0 atom stereocenters. The van der Waals surface area contributed by atoms with Crippen LogP contribution in [0.4, 0.5) is 0 Å². The number of hydrogen-bond acceptors (Lipinski definition) is 4. The van der Waals surface area contributed by atoms with Gasteiger partial charge in [0.1, 0.15) is 5.75 Å². The summed E-state index contributed by atoms with van der Waals surface area (Å²) >= 11 is 0. The molecule has 6 heteroatoms. The van der Waals surface area contributed by atoms with E-state index in [1.807, 2.05) is 12.1 Å². The van der Waals surface area contributed by atoms with Crippen LogP contribution < -0.4 is 10.1 Å². The fourth-order valence-electron chi connectivity index (χ4n) is 3.27. The van der Waals surface area contributed by atoms with Crippen LogP contribution in [-0.4, -0.2) is 57.7 Å². The van der Waals surface area contributed by atoms with E-state index in [0.717, 1.165) is 44.2 Å². The number of likely N-dealkylation sites (tertiary alicyclic amines) is 1. The van der Waals surface area contributed by atoms with Gasteiger partial charge >= 0.3 is 5.97 Å². The van der Waals surface area contributed by atoms with E-state index in [0.29, 0.717) is 0 Å². The van der Waals surface area contributed by atoms with Crippen molar-refractivity contribution >= 4 is 11.9 Å². The molecule has 0 spiro atoms. The summed E-state index contributed by atoms with van der Waals surface area (Å²) < 4.78 is 10.2. The molecule has 6 nitrogen and oxygen atoms in total. The maximum absolute atomic E-state index is 11.7. The Balaban J connectivity index is 1.95. The number of rotatable bonds is 5. The van der Waals surface area contributed by atoms with Crippen LogP contribution in [-0.2, 0) is 14.9 Å². The number of nitrogens with zero attached hydrogens (tertiary/aromatic N) is 2. The topological polar surface area (TPSA) is 63.2 Å². The van der Waals surface area contributed by atoms with Crippen molar-refractivity contribution in [1.82, 2.24) is 10.2 Å². The van der Waals surface area contributed by atoms with E-state index in [4.69, 9.17) is 9.47 Å². The van der Waals surface area contributed by atoms with Crippen LogP contribution in [0.15, 0.2) is 29.3 Å². The number of carbonyl (C=O) groups excluding carboxylic acids is 1. The summed E-state index contributed by atoms with van der Waals surface area (Å²) in [5.41, 5.74) is 1.14. The van der Waals surface area contributed by atoms with Crippen molar-refractivity contribution in [3.8, 4) is 5.75 Å². The molecule has 1 aliphatic heterocycles. The number of esters is 1. The lowest BCUT2D eigenvalue weighted by Gasteiger charge is -2.35. The molecule has 0 aliphatic carbocycles. The third-order valence-corrected chi connectivity index (χ3v) is 5.08. The van der Waals surface area contributed by atoms with Gasteiger partial charge in [-0.05, 0) is 30.5 Å². The SMILES string of the molecule is CN=C(NCC(C)(C)c1cccc(OC)c1)N1CCC(C(=O)OC)CC1. The summed E-state index contributed by atoms with van der Waals surface area (Å²) in [5.74, 6) is 1.64. The van der Waals surface area contributed by atoms with E-state index < -0.39 is 0 Å². The minimum Gasteiger partial charge on any atom is -0.497 e. The van der Waals surface area contributed by atoms with Crippen molar-refractivity contribution < 1.29 is 14.3 Å². The van der Waals surface area contributed by atoms with Crippen LogP contribution in [0.3, 0.4) is 0 Å². The second kappa shape index (κ2) is 8.92. The van der Waals surface area contributed by atoms with Crippen molar-refractivity contribution in [2.45, 2.75) is 32.1 Å². The maximum Gasteiger partial charge on any atom is 0.308 e. The van der Waals surface area contributed by atoms with E-state index in [9.17, 15) is 4.79 Å². The Bertz CT molecular complexity index is 635. The first-order valence-corrected chi connectivity index (χ1v) is 9.09. The van der Waals surface area contributed by atoms with E-state index >= 15 is 0 Å². The van der Waals surface area contributed by atoms with Gasteiger partial charge in [0.2, 0.25) is 0 Å². The van der Waals surface area contributed by atoms with Crippen molar-refractivity contribution in [2.24, 2.45) is 10.9 Å². The van der Waals surface area contributed by atoms with E-state index in [1.54, 1.807) is 14.2 Å². The van der Waals surface area contributed by atoms with Gasteiger partial charge < -0.3 is 19.7 Å². The molecule has 2 rings (SSSR count). The van der Waals surface area contributed by atoms with E-state index in [-0.39, 0.29) is 17.3 Å². The molecule has 1 saturated heterocycles. The quantitative estimate of drug-likeness (QED) is 0.496. The molecule has 1 heterocycles. The molecular weight excluding hydrogens is 330 g/mol. The predicted molar refractivity (Wildman–Crippen MR) is 104 cm³/mol. The van der Waals surface area contributed by atoms with Gasteiger partial charge in [-0.25, -0.2) is 0 Å². The second-order valence-corrected chi connectivity index (χ2v) is 7.30. The zero-order valence-electron chi connectivity index (χ0n) is 16.5. The van der Waals surface area contributed by atoms with Crippen LogP contribution in [0.5, 0.6) is 5.75 Å². The zero-order chi connectivity index (χ0) is 19.2. The van der Waals surface area contributed by atoms with E-state index in [1.165, 1.54) is 12.7 Å². The minimum atomic E-state index is -0.105. The molecule has 0 unspecified atom stereocenters. The summed E-state index contributed by atoms with van der Waals surface area (Å²) in [7, 11) is 4.94. The number of aliphatic imine (C=N–C) groups is 1. The molecule has 144 valence electrons. The second-order valence-electron chi connectivity index (χ2n) is 7.30. The first-order chi connectivity index (χ1) is 12.4. The van der Waals surface area contributed by atoms with Gasteiger partial charge in [-0.2, -0.15) is 0 Å². The van der Waals surface area contributed by atoms with Gasteiger partial charge in [-0.15, -0.1) is 0 Å². The maximum atomic E-state index is 11.7. The molecule has 0 amide bonds. The molecular formula is C20H31N3O3. The number of methoxy groups -OCH3 is 2. The lowest BCUT2D eigenvalue weighted by atomic mass is 9.84. The summed E-state index contributed by atoms with van der Waals surface area (Å²) in [5, 5.41) is 3.49. The number of benzene rings is 1. The fraction of sp³-hybridized carbons (Fsp3) is 0.600. The summed E-state index contributed by atoms with van der Waals surface area (Å²) in [6.45, 7) is 6.76. The van der Waals surface area contributed by atoms with Gasteiger partial charge in [-0.1, -0.05) is 26.0 Å². The fourth-order valence-corrected chi connectivity index (χ4v) is 3.27. The minimum absolute atomic E-state index is 0.00239. The molecule has 1 aromatic carbocycles. The Morgan fingerprint density at radius 3 is 2.58 bits per heavy atom. The Hall–Kier alpha value is -2.24. The largest absolute Gasteiger partial charge is 0.497 e. The molecule has 0 aromatic heterocycles. The molecule has 1 aromatic rings. The highest BCUT2D eigenvalue weighted by Gasteiger charge is 2.28. The Morgan fingerprint density at radius 2 is 2.00 bits per heavy atom. The van der Waals surface area contributed by atoms with Gasteiger partial charge in [0.25, 0.3) is 0 Å². The standard InChI is InChI=1S/C20H31N3O3/c1-20(2,16-7-6-8-17(13-16)25-4)14-22-19(21-3)23-11-9-15(10-12-23)18(24)26-5/h6-8,13,15H,9-12,14H2,1-5H3,(H,21,22). The smallest absolute Gasteiger partial charge is 0.308 e. The lowest BCUT2D eigenvalue weighted by molar-refractivity contribution is -0.146. The number of carbonyl (C=O) groups is 1. The number of nitrogens with one attached hydrogen (secondary N) is 1. The molecule has 0 saturated carbocycles. The van der Waals surface area contributed by atoms with Gasteiger partial charge in [-0.3, -0.25) is 9.79 Å². The van der Waals surface area contributed by atoms with Gasteiger partial charge in [0.05, 0.1) is 20.1 Å². The molecule has 0 radical (unpaired) electrons. The van der Waals surface area contributed by atoms with Crippen LogP contribution in [0.1, 0.15) is 32.3 Å². The van der Waals surface area contributed by atoms with Crippen LogP contribution >= 0.6 is 0 Å². The monoisotopic (exact) mass is 361 g/mol. The lowest BCUT2D eigenvalue weighted by Crippen LogP contribution is -2.49. The molecule has 0 bridgehead atoms. The highest BCUT2D eigenvalue weighted by atomic mass is 16.5. The average molecular weight is 361 g/mol. The third-order valence-electron chi connectivity index (χ3n) is 5.08. The number of ether oxygens (including phenoxy) is 2. The summed E-state index contributed by atoms with van der Waals surface area (Å²) in [6, 6.07) is 8.17. The normalized spacial score (nSPS) is 16.3. The zero-order valence-corrected chi connectivity index (χ0v) is 16.5. The Kier molecular flexibility index (Phi) is 6.89. The number of guanidine groups is 1. The van der Waals surface area contributed by atoms with Crippen LogP contribution in [0.2, 0.25) is 0 Å². The summed E-state index contributed by atoms with van der Waals surface area (Å²) in [6.07, 6.45) is 1.60. The molecule has 1 N–H and O–H groups in total. The molecule has 1 aliphatic rings. The molecule has 1 fully saturated rings. The number of piperidine rings is 1. The van der Waals surface area contributed by atoms with Crippen molar-refractivity contribution in [2.75, 3.05) is 40.9 Å². The van der Waals surface area contributed by atoms with Crippen molar-refractivity contribution in [1.29, 1.82) is 0 Å². The highest BCUT2D eigenvalue weighted by Crippen LogP contribution is 2.26. The van der Waals surface area contributed by atoms with Crippen LogP contribution in [0, 0.1) is 5.92 Å². The number of hydrogen-bond donors (Lipinski definition) is 1. The Morgan fingerprint density at radius 1 is 1.31 bits per heavy atom. The molecule has 26 heavy (non-hydrogen) atoms. The predicted octanol–water partition coefficient (Wildman–Crippen LogP) is 2.43. The third kappa shape index (κ3) is 4.90. The average Bonchev–Trinajstić information content (AvgIpc) is 2.68. The van der Waals surface area contributed by atoms with Gasteiger partial charge in [0, 0.05) is 32.1 Å². The summed E-state index contributed by atoms with van der Waals surface area (Å²) in [4.78, 5) is 18.3. The van der Waals surface area contributed by atoms with Crippen molar-refractivity contribution in [3.05, 3.63) is 29.8 Å². The Labute approximate surface area is 156 Å². The van der Waals surface area contributed by atoms with Gasteiger partial charge in [0.15, 0.2) is 5.96 Å². The highest BCUT2D eigenvalue weighted by molar-refractivity contribution is 5.80. The van der Waals surface area contributed by atoms with E-state index in [2.05, 4.69) is 41.2 Å². The first kappa shape index (κ1) is 20.1. The van der Waals surface area contributed by atoms with Crippen LogP contribution in [0.25, 0.3) is 0 Å². The van der Waals surface area contributed by atoms with Crippen molar-refractivity contribution in [3.63, 3.8) is 0 Å².